The lowest BCUT2D eigenvalue weighted by molar-refractivity contribution is 0.135. The summed E-state index contributed by atoms with van der Waals surface area (Å²) in [5.74, 6) is 1.77. The van der Waals surface area contributed by atoms with E-state index in [9.17, 15) is 0 Å². The zero-order chi connectivity index (χ0) is 13.7. The lowest BCUT2D eigenvalue weighted by Gasteiger charge is -2.37. The number of hydrogen-bond donors (Lipinski definition) is 1. The van der Waals surface area contributed by atoms with Crippen LogP contribution in [0.15, 0.2) is 0 Å². The predicted octanol–water partition coefficient (Wildman–Crippen LogP) is 3.67. The maximum atomic E-state index is 3.85. The molecule has 2 aliphatic rings. The SMILES string of the molecule is CCC(C)C(C)N1CCCNC(C2CCCCC2)C1. The van der Waals surface area contributed by atoms with E-state index < -0.39 is 0 Å². The van der Waals surface area contributed by atoms with Gasteiger partial charge in [0.25, 0.3) is 0 Å². The van der Waals surface area contributed by atoms with Crippen LogP contribution >= 0.6 is 0 Å². The summed E-state index contributed by atoms with van der Waals surface area (Å²) in [7, 11) is 0. The standard InChI is InChI=1S/C17H34N2/c1-4-14(2)15(3)19-12-8-11-18-17(13-19)16-9-6-5-7-10-16/h14-18H,4-13H2,1-3H3. The van der Waals surface area contributed by atoms with Gasteiger partial charge in [-0.15, -0.1) is 0 Å². The Morgan fingerprint density at radius 2 is 1.84 bits per heavy atom. The maximum absolute atomic E-state index is 3.85. The molecule has 2 nitrogen and oxygen atoms in total. The van der Waals surface area contributed by atoms with Crippen LogP contribution in [0.1, 0.15) is 65.7 Å². The van der Waals surface area contributed by atoms with Crippen LogP contribution in [0.5, 0.6) is 0 Å². The van der Waals surface area contributed by atoms with E-state index in [0.29, 0.717) is 0 Å². The molecule has 0 bridgehead atoms. The molecule has 0 aromatic rings. The quantitative estimate of drug-likeness (QED) is 0.835. The van der Waals surface area contributed by atoms with Gasteiger partial charge in [-0.3, -0.25) is 4.90 Å². The third-order valence-electron chi connectivity index (χ3n) is 5.72. The average Bonchev–Trinajstić information content (AvgIpc) is 2.72. The molecule has 1 aliphatic carbocycles. The summed E-state index contributed by atoms with van der Waals surface area (Å²) in [4.78, 5) is 2.77. The topological polar surface area (TPSA) is 15.3 Å². The number of nitrogens with one attached hydrogen (secondary N) is 1. The van der Waals surface area contributed by atoms with Gasteiger partial charge in [0.05, 0.1) is 0 Å². The van der Waals surface area contributed by atoms with Crippen molar-refractivity contribution in [1.29, 1.82) is 0 Å². The van der Waals surface area contributed by atoms with E-state index in [2.05, 4.69) is 31.0 Å². The largest absolute Gasteiger partial charge is 0.312 e. The first-order chi connectivity index (χ1) is 9.22. The van der Waals surface area contributed by atoms with E-state index in [4.69, 9.17) is 0 Å². The molecule has 0 spiro atoms. The summed E-state index contributed by atoms with van der Waals surface area (Å²) in [5, 5.41) is 3.85. The molecule has 2 rings (SSSR count). The van der Waals surface area contributed by atoms with Gasteiger partial charge in [-0.05, 0) is 51.1 Å². The highest BCUT2D eigenvalue weighted by Crippen LogP contribution is 2.28. The lowest BCUT2D eigenvalue weighted by Crippen LogP contribution is -2.47. The number of nitrogens with zero attached hydrogens (tertiary/aromatic N) is 1. The van der Waals surface area contributed by atoms with Crippen molar-refractivity contribution in [1.82, 2.24) is 10.2 Å². The van der Waals surface area contributed by atoms with Crippen LogP contribution in [0.25, 0.3) is 0 Å². The summed E-state index contributed by atoms with van der Waals surface area (Å²) in [6.45, 7) is 11.0. The van der Waals surface area contributed by atoms with Gasteiger partial charge in [0.1, 0.15) is 0 Å². The van der Waals surface area contributed by atoms with Gasteiger partial charge in [0, 0.05) is 18.6 Å². The highest BCUT2D eigenvalue weighted by Gasteiger charge is 2.29. The zero-order valence-electron chi connectivity index (χ0n) is 13.3. The molecule has 3 atom stereocenters. The number of hydrogen-bond acceptors (Lipinski definition) is 2. The first kappa shape index (κ1) is 15.3. The molecule has 3 unspecified atom stereocenters. The second-order valence-corrected chi connectivity index (χ2v) is 6.93. The Morgan fingerprint density at radius 3 is 2.53 bits per heavy atom. The van der Waals surface area contributed by atoms with Crippen molar-refractivity contribution in [2.45, 2.75) is 77.8 Å². The Hall–Kier alpha value is -0.0800. The second kappa shape index (κ2) is 7.64. The molecule has 0 aromatic heterocycles. The summed E-state index contributed by atoms with van der Waals surface area (Å²) in [6.07, 6.45) is 9.94. The molecule has 112 valence electrons. The second-order valence-electron chi connectivity index (χ2n) is 6.93. The van der Waals surface area contributed by atoms with Crippen LogP contribution in [0.2, 0.25) is 0 Å². The molecule has 19 heavy (non-hydrogen) atoms. The van der Waals surface area contributed by atoms with Crippen LogP contribution in [-0.4, -0.2) is 36.6 Å². The first-order valence-electron chi connectivity index (χ1n) is 8.69. The molecular formula is C17H34N2. The zero-order valence-corrected chi connectivity index (χ0v) is 13.3. The van der Waals surface area contributed by atoms with Crippen LogP contribution in [-0.2, 0) is 0 Å². The van der Waals surface area contributed by atoms with Crippen molar-refractivity contribution in [2.24, 2.45) is 11.8 Å². The van der Waals surface area contributed by atoms with E-state index in [1.165, 1.54) is 64.6 Å². The van der Waals surface area contributed by atoms with Crippen LogP contribution < -0.4 is 5.32 Å². The summed E-state index contributed by atoms with van der Waals surface area (Å²) in [6, 6.07) is 1.50. The van der Waals surface area contributed by atoms with E-state index >= 15 is 0 Å². The van der Waals surface area contributed by atoms with Crippen molar-refractivity contribution >= 4 is 0 Å². The highest BCUT2D eigenvalue weighted by atomic mass is 15.2. The summed E-state index contributed by atoms with van der Waals surface area (Å²) in [5.41, 5.74) is 0. The normalized spacial score (nSPS) is 30.8. The molecular weight excluding hydrogens is 232 g/mol. The number of rotatable bonds is 4. The van der Waals surface area contributed by atoms with Gasteiger partial charge in [-0.1, -0.05) is 39.5 Å². The van der Waals surface area contributed by atoms with Crippen molar-refractivity contribution in [2.75, 3.05) is 19.6 Å². The van der Waals surface area contributed by atoms with Crippen LogP contribution in [0.4, 0.5) is 0 Å². The van der Waals surface area contributed by atoms with Gasteiger partial charge in [-0.25, -0.2) is 0 Å². The maximum Gasteiger partial charge on any atom is 0.0223 e. The van der Waals surface area contributed by atoms with E-state index in [1.54, 1.807) is 0 Å². The molecule has 0 aromatic carbocycles. The summed E-state index contributed by atoms with van der Waals surface area (Å²) < 4.78 is 0. The minimum Gasteiger partial charge on any atom is -0.312 e. The first-order valence-corrected chi connectivity index (χ1v) is 8.69. The monoisotopic (exact) mass is 266 g/mol. The fourth-order valence-corrected chi connectivity index (χ4v) is 3.90. The smallest absolute Gasteiger partial charge is 0.0223 e. The minimum absolute atomic E-state index is 0.746. The molecule has 1 N–H and O–H groups in total. The predicted molar refractivity (Wildman–Crippen MR) is 83.5 cm³/mol. The molecule has 1 heterocycles. The van der Waals surface area contributed by atoms with Crippen molar-refractivity contribution in [3.63, 3.8) is 0 Å². The van der Waals surface area contributed by atoms with E-state index in [0.717, 1.165) is 23.9 Å². The Balaban J connectivity index is 1.93. The molecule has 0 radical (unpaired) electrons. The fourth-order valence-electron chi connectivity index (χ4n) is 3.90. The molecule has 0 amide bonds. The Morgan fingerprint density at radius 1 is 1.11 bits per heavy atom. The van der Waals surface area contributed by atoms with Gasteiger partial charge in [0.15, 0.2) is 0 Å². The molecule has 1 aliphatic heterocycles. The lowest BCUT2D eigenvalue weighted by atomic mass is 9.83. The molecule has 1 saturated heterocycles. The van der Waals surface area contributed by atoms with Crippen LogP contribution in [0.3, 0.4) is 0 Å². The Bertz CT molecular complexity index is 238. The van der Waals surface area contributed by atoms with Crippen molar-refractivity contribution in [3.05, 3.63) is 0 Å². The minimum atomic E-state index is 0.746. The Kier molecular flexibility index (Phi) is 6.15. The van der Waals surface area contributed by atoms with Crippen molar-refractivity contribution < 1.29 is 0 Å². The van der Waals surface area contributed by atoms with Gasteiger partial charge < -0.3 is 5.32 Å². The van der Waals surface area contributed by atoms with Crippen LogP contribution in [0, 0.1) is 11.8 Å². The third-order valence-corrected chi connectivity index (χ3v) is 5.72. The van der Waals surface area contributed by atoms with Gasteiger partial charge in [0.2, 0.25) is 0 Å². The van der Waals surface area contributed by atoms with Gasteiger partial charge >= 0.3 is 0 Å². The molecule has 2 heteroatoms. The van der Waals surface area contributed by atoms with Crippen molar-refractivity contribution in [3.8, 4) is 0 Å². The molecule has 1 saturated carbocycles. The Labute approximate surface area is 120 Å². The highest BCUT2D eigenvalue weighted by molar-refractivity contribution is 4.86. The average molecular weight is 266 g/mol. The molecule has 2 fully saturated rings. The van der Waals surface area contributed by atoms with E-state index in [-0.39, 0.29) is 0 Å². The third kappa shape index (κ3) is 4.19. The van der Waals surface area contributed by atoms with Gasteiger partial charge in [-0.2, -0.15) is 0 Å². The van der Waals surface area contributed by atoms with E-state index in [1.807, 2.05) is 0 Å². The summed E-state index contributed by atoms with van der Waals surface area (Å²) >= 11 is 0. The fraction of sp³-hybridized carbons (Fsp3) is 1.00.